The summed E-state index contributed by atoms with van der Waals surface area (Å²) in [6.45, 7) is 6.90. The Balaban J connectivity index is 1.57. The lowest BCUT2D eigenvalue weighted by Gasteiger charge is -2.40. The van der Waals surface area contributed by atoms with Gasteiger partial charge in [-0.15, -0.1) is 10.2 Å². The monoisotopic (exact) mass is 329 g/mol. The van der Waals surface area contributed by atoms with E-state index in [-0.39, 0.29) is 12.1 Å². The van der Waals surface area contributed by atoms with Crippen LogP contribution in [0.3, 0.4) is 0 Å². The predicted molar refractivity (Wildman–Crippen MR) is 91.7 cm³/mol. The zero-order valence-corrected chi connectivity index (χ0v) is 14.5. The first-order valence-electron chi connectivity index (χ1n) is 8.01. The van der Waals surface area contributed by atoms with Gasteiger partial charge in [-0.05, 0) is 32.9 Å². The predicted octanol–water partition coefficient (Wildman–Crippen LogP) is 2.51. The zero-order valence-electron chi connectivity index (χ0n) is 14.5. The second-order valence-corrected chi connectivity index (χ2v) is 7.07. The lowest BCUT2D eigenvalue weighted by molar-refractivity contribution is 0.0105. The first-order chi connectivity index (χ1) is 11.3. The normalized spacial score (nSPS) is 15.1. The van der Waals surface area contributed by atoms with E-state index in [1.54, 1.807) is 11.2 Å². The second kappa shape index (κ2) is 6.14. The highest BCUT2D eigenvalue weighted by molar-refractivity contribution is 5.70. The summed E-state index contributed by atoms with van der Waals surface area (Å²) in [5.41, 5.74) is 1.55. The molecule has 1 fully saturated rings. The molecule has 0 aliphatic carbocycles. The fourth-order valence-electron chi connectivity index (χ4n) is 2.57. The standard InChI is InChI=1S/C17H23N5O2/c1-17(2,3)24-16(23)22-9-14(10-22)19-13-7-5-6-12(8-13)15-20-18-11-21(15)4/h5-8,11,14,19H,9-10H2,1-4H3. The van der Waals surface area contributed by atoms with Crippen molar-refractivity contribution in [3.05, 3.63) is 30.6 Å². The number of hydrogen-bond acceptors (Lipinski definition) is 5. The highest BCUT2D eigenvalue weighted by atomic mass is 16.6. The van der Waals surface area contributed by atoms with Crippen molar-refractivity contribution in [1.82, 2.24) is 19.7 Å². The van der Waals surface area contributed by atoms with Gasteiger partial charge < -0.3 is 19.5 Å². The zero-order chi connectivity index (χ0) is 17.3. The van der Waals surface area contributed by atoms with Crippen LogP contribution in [0.1, 0.15) is 20.8 Å². The number of anilines is 1. The summed E-state index contributed by atoms with van der Waals surface area (Å²) in [4.78, 5) is 13.6. The molecule has 7 heteroatoms. The Bertz CT molecular complexity index is 729. The van der Waals surface area contributed by atoms with Crippen molar-refractivity contribution in [2.45, 2.75) is 32.4 Å². The average Bonchev–Trinajstić information content (AvgIpc) is 2.87. The van der Waals surface area contributed by atoms with Crippen LogP contribution in [0.5, 0.6) is 0 Å². The van der Waals surface area contributed by atoms with Gasteiger partial charge in [0.25, 0.3) is 0 Å². The third kappa shape index (κ3) is 3.67. The Labute approximate surface area is 141 Å². The number of amides is 1. The quantitative estimate of drug-likeness (QED) is 0.937. The number of aryl methyl sites for hydroxylation is 1. The van der Waals surface area contributed by atoms with Crippen molar-refractivity contribution in [2.75, 3.05) is 18.4 Å². The molecule has 0 atom stereocenters. The van der Waals surface area contributed by atoms with Crippen LogP contribution in [0.25, 0.3) is 11.4 Å². The number of aromatic nitrogens is 3. The van der Waals surface area contributed by atoms with Crippen molar-refractivity contribution in [2.24, 2.45) is 7.05 Å². The van der Waals surface area contributed by atoms with E-state index in [0.717, 1.165) is 17.1 Å². The van der Waals surface area contributed by atoms with E-state index in [4.69, 9.17) is 4.74 Å². The molecule has 0 unspecified atom stereocenters. The van der Waals surface area contributed by atoms with Crippen LogP contribution in [0.2, 0.25) is 0 Å². The molecule has 128 valence electrons. The molecule has 2 aromatic rings. The van der Waals surface area contributed by atoms with E-state index in [1.807, 2.05) is 56.7 Å². The van der Waals surface area contributed by atoms with Gasteiger partial charge in [-0.1, -0.05) is 12.1 Å². The minimum atomic E-state index is -0.458. The minimum Gasteiger partial charge on any atom is -0.444 e. The number of nitrogens with zero attached hydrogens (tertiary/aromatic N) is 4. The molecule has 7 nitrogen and oxygen atoms in total. The third-order valence-corrected chi connectivity index (χ3v) is 3.74. The van der Waals surface area contributed by atoms with E-state index in [0.29, 0.717) is 13.1 Å². The molecular formula is C17H23N5O2. The van der Waals surface area contributed by atoms with Crippen LogP contribution in [0.4, 0.5) is 10.5 Å². The SMILES string of the molecule is Cn1cnnc1-c1cccc(NC2CN(C(=O)OC(C)(C)C)C2)c1. The molecule has 0 spiro atoms. The first-order valence-corrected chi connectivity index (χ1v) is 8.01. The van der Waals surface area contributed by atoms with Gasteiger partial charge in [0.1, 0.15) is 11.9 Å². The van der Waals surface area contributed by atoms with Crippen LogP contribution < -0.4 is 5.32 Å². The third-order valence-electron chi connectivity index (χ3n) is 3.74. The van der Waals surface area contributed by atoms with Gasteiger partial charge >= 0.3 is 6.09 Å². The lowest BCUT2D eigenvalue weighted by Crippen LogP contribution is -2.57. The molecule has 24 heavy (non-hydrogen) atoms. The van der Waals surface area contributed by atoms with Crippen molar-refractivity contribution in [3.8, 4) is 11.4 Å². The van der Waals surface area contributed by atoms with Crippen molar-refractivity contribution in [1.29, 1.82) is 0 Å². The van der Waals surface area contributed by atoms with E-state index in [1.165, 1.54) is 0 Å². The Morgan fingerprint density at radius 1 is 1.33 bits per heavy atom. The van der Waals surface area contributed by atoms with Crippen LogP contribution in [-0.4, -0.2) is 50.5 Å². The summed E-state index contributed by atoms with van der Waals surface area (Å²) in [5, 5.41) is 11.5. The van der Waals surface area contributed by atoms with Crippen LogP contribution in [0.15, 0.2) is 30.6 Å². The maximum absolute atomic E-state index is 11.9. The molecule has 0 bridgehead atoms. The van der Waals surface area contributed by atoms with E-state index < -0.39 is 5.60 Å². The average molecular weight is 329 g/mol. The number of carbonyl (C=O) groups is 1. The molecule has 3 rings (SSSR count). The number of benzene rings is 1. The van der Waals surface area contributed by atoms with Crippen LogP contribution in [0, 0.1) is 0 Å². The molecule has 2 heterocycles. The molecule has 0 saturated carbocycles. The Kier molecular flexibility index (Phi) is 4.17. The van der Waals surface area contributed by atoms with E-state index in [2.05, 4.69) is 15.5 Å². The van der Waals surface area contributed by atoms with Gasteiger partial charge in [-0.3, -0.25) is 0 Å². The topological polar surface area (TPSA) is 72.3 Å². The molecule has 1 amide bonds. The highest BCUT2D eigenvalue weighted by Gasteiger charge is 2.33. The number of ether oxygens (including phenoxy) is 1. The Hall–Kier alpha value is -2.57. The van der Waals surface area contributed by atoms with Crippen LogP contribution >= 0.6 is 0 Å². The Morgan fingerprint density at radius 2 is 2.08 bits per heavy atom. The second-order valence-electron chi connectivity index (χ2n) is 7.07. The van der Waals surface area contributed by atoms with Gasteiger partial charge in [0, 0.05) is 31.4 Å². The summed E-state index contributed by atoms with van der Waals surface area (Å²) in [7, 11) is 1.92. The molecule has 1 saturated heterocycles. The largest absolute Gasteiger partial charge is 0.444 e. The fourth-order valence-corrected chi connectivity index (χ4v) is 2.57. The van der Waals surface area contributed by atoms with Crippen LogP contribution in [-0.2, 0) is 11.8 Å². The lowest BCUT2D eigenvalue weighted by atomic mass is 10.1. The number of carbonyl (C=O) groups excluding carboxylic acids is 1. The van der Waals surface area contributed by atoms with E-state index >= 15 is 0 Å². The number of nitrogens with one attached hydrogen (secondary N) is 1. The summed E-state index contributed by atoms with van der Waals surface area (Å²) >= 11 is 0. The summed E-state index contributed by atoms with van der Waals surface area (Å²) in [6, 6.07) is 8.27. The van der Waals surface area contributed by atoms with Gasteiger partial charge in [0.05, 0.1) is 6.04 Å². The summed E-state index contributed by atoms with van der Waals surface area (Å²) in [5.74, 6) is 0.822. The number of hydrogen-bond donors (Lipinski definition) is 1. The Morgan fingerprint density at radius 3 is 2.71 bits per heavy atom. The molecule has 1 N–H and O–H groups in total. The molecule has 1 aromatic heterocycles. The molecule has 1 aliphatic rings. The summed E-state index contributed by atoms with van der Waals surface area (Å²) in [6.07, 6.45) is 1.42. The molecule has 0 radical (unpaired) electrons. The van der Waals surface area contributed by atoms with Crippen molar-refractivity contribution < 1.29 is 9.53 Å². The van der Waals surface area contributed by atoms with Gasteiger partial charge in [0.15, 0.2) is 5.82 Å². The van der Waals surface area contributed by atoms with Gasteiger partial charge in [0.2, 0.25) is 0 Å². The fraction of sp³-hybridized carbons (Fsp3) is 0.471. The molecule has 1 aromatic carbocycles. The van der Waals surface area contributed by atoms with Gasteiger partial charge in [-0.25, -0.2) is 4.79 Å². The number of likely N-dealkylation sites (tertiary alicyclic amines) is 1. The maximum Gasteiger partial charge on any atom is 0.410 e. The van der Waals surface area contributed by atoms with Gasteiger partial charge in [-0.2, -0.15) is 0 Å². The highest BCUT2D eigenvalue weighted by Crippen LogP contribution is 2.23. The van der Waals surface area contributed by atoms with Crippen molar-refractivity contribution >= 4 is 11.8 Å². The first kappa shape index (κ1) is 16.3. The van der Waals surface area contributed by atoms with Crippen molar-refractivity contribution in [3.63, 3.8) is 0 Å². The number of rotatable bonds is 3. The summed E-state index contributed by atoms with van der Waals surface area (Å²) < 4.78 is 7.24. The minimum absolute atomic E-state index is 0.229. The molecule has 1 aliphatic heterocycles. The smallest absolute Gasteiger partial charge is 0.410 e. The molecular weight excluding hydrogens is 306 g/mol. The maximum atomic E-state index is 11.9. The van der Waals surface area contributed by atoms with E-state index in [9.17, 15) is 4.79 Å².